The molecule has 0 aliphatic carbocycles. The zero-order valence-corrected chi connectivity index (χ0v) is 12.7. The van der Waals surface area contributed by atoms with Gasteiger partial charge in [-0.3, -0.25) is 0 Å². The largest absolute Gasteiger partial charge is 0.573 e. The summed E-state index contributed by atoms with van der Waals surface area (Å²) in [5.74, 6) is 0.452. The highest BCUT2D eigenvalue weighted by Gasteiger charge is 2.31. The summed E-state index contributed by atoms with van der Waals surface area (Å²) >= 11 is 3.39. The van der Waals surface area contributed by atoms with E-state index >= 15 is 0 Å². The van der Waals surface area contributed by atoms with Crippen LogP contribution in [0.15, 0.2) is 46.9 Å². The number of ether oxygens (including phenoxy) is 2. The molecule has 1 unspecified atom stereocenters. The van der Waals surface area contributed by atoms with Crippen molar-refractivity contribution < 1.29 is 22.6 Å². The zero-order chi connectivity index (χ0) is 15.7. The monoisotopic (exact) mass is 373 g/mol. The van der Waals surface area contributed by atoms with Crippen molar-refractivity contribution in [2.75, 3.05) is 11.9 Å². The molecule has 1 N–H and O–H groups in total. The Labute approximate surface area is 133 Å². The van der Waals surface area contributed by atoms with Crippen molar-refractivity contribution in [3.63, 3.8) is 0 Å². The summed E-state index contributed by atoms with van der Waals surface area (Å²) in [6.07, 6.45) is -4.70. The van der Waals surface area contributed by atoms with E-state index in [0.29, 0.717) is 17.9 Å². The first kappa shape index (κ1) is 15.0. The summed E-state index contributed by atoms with van der Waals surface area (Å²) in [7, 11) is 0. The Morgan fingerprint density at radius 3 is 2.73 bits per heavy atom. The third-order valence-electron chi connectivity index (χ3n) is 3.19. The predicted molar refractivity (Wildman–Crippen MR) is 79.1 cm³/mol. The number of hydrogen-bond acceptors (Lipinski definition) is 3. The van der Waals surface area contributed by atoms with E-state index in [1.807, 2.05) is 18.2 Å². The molecule has 0 radical (unpaired) electrons. The highest BCUT2D eigenvalue weighted by molar-refractivity contribution is 9.10. The second-order valence-corrected chi connectivity index (χ2v) is 5.60. The van der Waals surface area contributed by atoms with E-state index < -0.39 is 6.36 Å². The average Bonchev–Trinajstić information content (AvgIpc) is 2.46. The molecule has 0 spiro atoms. The topological polar surface area (TPSA) is 30.5 Å². The molecule has 3 nitrogen and oxygen atoms in total. The van der Waals surface area contributed by atoms with Gasteiger partial charge >= 0.3 is 6.36 Å². The van der Waals surface area contributed by atoms with E-state index in [2.05, 4.69) is 26.0 Å². The van der Waals surface area contributed by atoms with E-state index in [-0.39, 0.29) is 11.8 Å². The van der Waals surface area contributed by atoms with Crippen LogP contribution in [0.2, 0.25) is 0 Å². The molecule has 2 aromatic rings. The molecule has 0 bridgehead atoms. The van der Waals surface area contributed by atoms with Gasteiger partial charge in [-0.05, 0) is 45.8 Å². The number of rotatable bonds is 2. The van der Waals surface area contributed by atoms with Crippen LogP contribution in [0.5, 0.6) is 11.5 Å². The molecule has 1 atom stereocenters. The van der Waals surface area contributed by atoms with Crippen LogP contribution in [0.3, 0.4) is 0 Å². The first-order valence-corrected chi connectivity index (χ1v) is 7.25. The Bertz CT molecular complexity index is 691. The van der Waals surface area contributed by atoms with Gasteiger partial charge in [0.2, 0.25) is 0 Å². The second-order valence-electron chi connectivity index (χ2n) is 4.74. The molecule has 1 aliphatic rings. The molecule has 0 saturated heterocycles. The molecule has 0 saturated carbocycles. The van der Waals surface area contributed by atoms with Gasteiger partial charge in [-0.1, -0.05) is 18.2 Å². The Morgan fingerprint density at radius 2 is 1.95 bits per heavy atom. The van der Waals surface area contributed by atoms with Gasteiger partial charge in [0, 0.05) is 0 Å². The Balaban J connectivity index is 1.83. The Morgan fingerprint density at radius 1 is 1.18 bits per heavy atom. The maximum absolute atomic E-state index is 12.3. The third-order valence-corrected chi connectivity index (χ3v) is 3.81. The van der Waals surface area contributed by atoms with Gasteiger partial charge in [0.25, 0.3) is 0 Å². The van der Waals surface area contributed by atoms with Crippen molar-refractivity contribution >= 4 is 21.6 Å². The molecule has 3 rings (SSSR count). The fraction of sp³-hybridized carbons (Fsp3) is 0.200. The first-order chi connectivity index (χ1) is 10.4. The lowest BCUT2D eigenvalue weighted by Gasteiger charge is -2.28. The third kappa shape index (κ3) is 3.30. The van der Waals surface area contributed by atoms with Crippen LogP contribution in [-0.2, 0) is 0 Å². The summed E-state index contributed by atoms with van der Waals surface area (Å²) in [5, 5.41) is 3.25. The zero-order valence-electron chi connectivity index (χ0n) is 11.2. The molecule has 116 valence electrons. The molecule has 0 aromatic heterocycles. The van der Waals surface area contributed by atoms with Gasteiger partial charge in [-0.15, -0.1) is 13.2 Å². The number of halogens is 4. The van der Waals surface area contributed by atoms with Crippen LogP contribution in [0.25, 0.3) is 0 Å². The van der Waals surface area contributed by atoms with Crippen molar-refractivity contribution in [3.05, 3.63) is 52.5 Å². The van der Waals surface area contributed by atoms with Gasteiger partial charge in [0.05, 0.1) is 16.2 Å². The summed E-state index contributed by atoms with van der Waals surface area (Å²) < 4.78 is 47.3. The maximum atomic E-state index is 12.3. The van der Waals surface area contributed by atoms with Crippen molar-refractivity contribution in [1.82, 2.24) is 0 Å². The minimum Gasteiger partial charge on any atom is -0.488 e. The maximum Gasteiger partial charge on any atom is 0.573 e. The van der Waals surface area contributed by atoms with E-state index in [9.17, 15) is 13.2 Å². The van der Waals surface area contributed by atoms with E-state index in [1.165, 1.54) is 18.2 Å². The summed E-state index contributed by atoms with van der Waals surface area (Å²) in [6, 6.07) is 11.2. The Kier molecular flexibility index (Phi) is 3.90. The molecular weight excluding hydrogens is 363 g/mol. The molecular formula is C15H11BrF3NO2. The van der Waals surface area contributed by atoms with Crippen LogP contribution in [0.4, 0.5) is 18.9 Å². The quantitative estimate of drug-likeness (QED) is 0.812. The summed E-state index contributed by atoms with van der Waals surface area (Å²) in [6.45, 7) is 0.311. The number of anilines is 1. The van der Waals surface area contributed by atoms with Crippen LogP contribution >= 0.6 is 15.9 Å². The summed E-state index contributed by atoms with van der Waals surface area (Å²) in [5.41, 5.74) is 1.44. The fourth-order valence-corrected chi connectivity index (χ4v) is 2.75. The number of nitrogens with one attached hydrogen (secondary N) is 1. The lowest BCUT2D eigenvalue weighted by atomic mass is 10.1. The molecule has 22 heavy (non-hydrogen) atoms. The molecule has 2 aromatic carbocycles. The van der Waals surface area contributed by atoms with Crippen molar-refractivity contribution in [2.24, 2.45) is 0 Å². The lowest BCUT2D eigenvalue weighted by Crippen LogP contribution is -2.24. The van der Waals surface area contributed by atoms with Crippen LogP contribution in [0.1, 0.15) is 11.6 Å². The molecule has 1 aliphatic heterocycles. The average molecular weight is 374 g/mol. The smallest absolute Gasteiger partial charge is 0.488 e. The molecule has 7 heteroatoms. The normalized spacial score (nSPS) is 17.2. The molecule has 1 heterocycles. The molecule has 0 fully saturated rings. The van der Waals surface area contributed by atoms with Crippen LogP contribution < -0.4 is 14.8 Å². The van der Waals surface area contributed by atoms with Crippen molar-refractivity contribution in [1.29, 1.82) is 0 Å². The van der Waals surface area contributed by atoms with E-state index in [1.54, 1.807) is 6.07 Å². The number of hydrogen-bond donors (Lipinski definition) is 1. The van der Waals surface area contributed by atoms with Gasteiger partial charge < -0.3 is 14.8 Å². The number of para-hydroxylation sites is 1. The number of fused-ring (bicyclic) bond motifs is 1. The first-order valence-electron chi connectivity index (χ1n) is 6.46. The highest BCUT2D eigenvalue weighted by Crippen LogP contribution is 2.39. The fourth-order valence-electron chi connectivity index (χ4n) is 2.27. The van der Waals surface area contributed by atoms with Crippen molar-refractivity contribution in [2.45, 2.75) is 12.4 Å². The van der Waals surface area contributed by atoms with E-state index in [0.717, 1.165) is 10.2 Å². The van der Waals surface area contributed by atoms with Crippen LogP contribution in [0, 0.1) is 0 Å². The van der Waals surface area contributed by atoms with Gasteiger partial charge in [0.15, 0.2) is 5.75 Å². The van der Waals surface area contributed by atoms with E-state index in [4.69, 9.17) is 4.74 Å². The lowest BCUT2D eigenvalue weighted by molar-refractivity contribution is -0.274. The summed E-state index contributed by atoms with van der Waals surface area (Å²) in [4.78, 5) is 0. The van der Waals surface area contributed by atoms with Crippen LogP contribution in [-0.4, -0.2) is 13.0 Å². The SMILES string of the molecule is FC(F)(F)Oc1cccc(C2COc3c(Br)cccc3N2)c1. The van der Waals surface area contributed by atoms with Gasteiger partial charge in [-0.25, -0.2) is 0 Å². The number of alkyl halides is 3. The molecule has 0 amide bonds. The number of benzene rings is 2. The van der Waals surface area contributed by atoms with Crippen molar-refractivity contribution in [3.8, 4) is 11.5 Å². The minimum atomic E-state index is -4.70. The standard InChI is InChI=1S/C15H11BrF3NO2/c16-11-5-2-6-12-14(11)21-8-13(20-12)9-3-1-4-10(7-9)22-15(17,18)19/h1-7,13,20H,8H2. The van der Waals surface area contributed by atoms with Gasteiger partial charge in [-0.2, -0.15) is 0 Å². The Hall–Kier alpha value is -1.89. The second kappa shape index (κ2) is 5.72. The minimum absolute atomic E-state index is 0.244. The highest BCUT2D eigenvalue weighted by atomic mass is 79.9. The predicted octanol–water partition coefficient (Wildman–Crippen LogP) is 4.89. The van der Waals surface area contributed by atoms with Gasteiger partial charge in [0.1, 0.15) is 12.4 Å².